The van der Waals surface area contributed by atoms with E-state index < -0.39 is 27.4 Å². The van der Waals surface area contributed by atoms with E-state index in [1.807, 2.05) is 0 Å². The first-order valence-corrected chi connectivity index (χ1v) is 11.1. The molecule has 1 aliphatic carbocycles. The lowest BCUT2D eigenvalue weighted by Gasteiger charge is -2.30. The van der Waals surface area contributed by atoms with E-state index in [2.05, 4.69) is 15.5 Å². The van der Waals surface area contributed by atoms with Crippen LogP contribution in [0.1, 0.15) is 53.9 Å². The fourth-order valence-electron chi connectivity index (χ4n) is 3.13. The first-order chi connectivity index (χ1) is 13.3. The quantitative estimate of drug-likeness (QED) is 0.755. The van der Waals surface area contributed by atoms with E-state index in [1.54, 1.807) is 7.05 Å². The van der Waals surface area contributed by atoms with Gasteiger partial charge in [-0.2, -0.15) is 4.31 Å². The van der Waals surface area contributed by atoms with Crippen LogP contribution < -0.4 is 5.32 Å². The first-order valence-electron chi connectivity index (χ1n) is 8.80. The van der Waals surface area contributed by atoms with Crippen molar-refractivity contribution in [2.45, 2.75) is 49.5 Å². The number of alkyl halides is 2. The summed E-state index contributed by atoms with van der Waals surface area (Å²) in [5.74, 6) is -0.582. The molecule has 0 bridgehead atoms. The van der Waals surface area contributed by atoms with E-state index >= 15 is 0 Å². The number of anilines is 1. The fourth-order valence-corrected chi connectivity index (χ4v) is 5.14. The van der Waals surface area contributed by atoms with Gasteiger partial charge in [0, 0.05) is 18.7 Å². The predicted molar refractivity (Wildman–Crippen MR) is 101 cm³/mol. The molecule has 0 atom stereocenters. The zero-order valence-electron chi connectivity index (χ0n) is 15.1. The Kier molecular flexibility index (Phi) is 6.36. The highest BCUT2D eigenvalue weighted by Gasteiger charge is 2.29. The number of halogens is 2. The number of hydrogen-bond donors (Lipinski definition) is 1. The maximum atomic E-state index is 12.8. The highest BCUT2D eigenvalue weighted by Crippen LogP contribution is 2.27. The second-order valence-electron chi connectivity index (χ2n) is 6.54. The normalized spacial score (nSPS) is 15.9. The monoisotopic (exact) mass is 430 g/mol. The lowest BCUT2D eigenvalue weighted by Crippen LogP contribution is -2.38. The number of hydrogen-bond acceptors (Lipinski definition) is 6. The maximum Gasteiger partial charge on any atom is 0.291 e. The zero-order chi connectivity index (χ0) is 20.3. The molecule has 1 N–H and O–H groups in total. The molecule has 7 nitrogen and oxygen atoms in total. The molecule has 11 heteroatoms. The Bertz CT molecular complexity index is 926. The van der Waals surface area contributed by atoms with Crippen LogP contribution in [0.15, 0.2) is 29.2 Å². The van der Waals surface area contributed by atoms with Crippen LogP contribution in [0.5, 0.6) is 0 Å². The van der Waals surface area contributed by atoms with Crippen LogP contribution >= 0.6 is 11.3 Å². The number of rotatable bonds is 6. The van der Waals surface area contributed by atoms with Crippen LogP contribution in [-0.4, -0.2) is 41.9 Å². The van der Waals surface area contributed by atoms with E-state index in [0.29, 0.717) is 11.3 Å². The van der Waals surface area contributed by atoms with Gasteiger partial charge in [-0.05, 0) is 37.1 Å². The molecule has 1 fully saturated rings. The highest BCUT2D eigenvalue weighted by atomic mass is 32.2. The summed E-state index contributed by atoms with van der Waals surface area (Å²) in [7, 11) is -2.06. The molecule has 0 saturated heterocycles. The number of aromatic nitrogens is 2. The highest BCUT2D eigenvalue weighted by molar-refractivity contribution is 7.89. The van der Waals surface area contributed by atoms with Crippen LogP contribution in [0.3, 0.4) is 0 Å². The molecule has 1 amide bonds. The third kappa shape index (κ3) is 4.53. The molecule has 1 heterocycles. The SMILES string of the molecule is CN(C1CCCCC1)S(=O)(=O)c1ccc(C(=O)Nc2nnc(C(F)F)s2)cc1. The Hall–Kier alpha value is -1.98. The summed E-state index contributed by atoms with van der Waals surface area (Å²) in [6.45, 7) is 0. The van der Waals surface area contributed by atoms with E-state index in [4.69, 9.17) is 0 Å². The summed E-state index contributed by atoms with van der Waals surface area (Å²) < 4.78 is 52.1. The van der Waals surface area contributed by atoms with Crippen LogP contribution in [0.25, 0.3) is 0 Å². The molecular weight excluding hydrogens is 410 g/mol. The number of carbonyl (C=O) groups excluding carboxylic acids is 1. The standard InChI is InChI=1S/C17H20F2N4O3S2/c1-23(12-5-3-2-4-6-12)28(25,26)13-9-7-11(8-10-13)15(24)20-17-22-21-16(27-17)14(18)19/h7-10,12,14H,2-6H2,1H3,(H,20,22,24). The van der Waals surface area contributed by atoms with Crippen LogP contribution in [0.2, 0.25) is 0 Å². The Morgan fingerprint density at radius 1 is 1.18 bits per heavy atom. The molecule has 28 heavy (non-hydrogen) atoms. The zero-order valence-corrected chi connectivity index (χ0v) is 16.8. The van der Waals surface area contributed by atoms with E-state index in [1.165, 1.54) is 28.6 Å². The minimum Gasteiger partial charge on any atom is -0.296 e. The molecule has 0 aliphatic heterocycles. The molecule has 1 aromatic heterocycles. The average molecular weight is 431 g/mol. The minimum atomic E-state index is -3.65. The minimum absolute atomic E-state index is 0.0110. The predicted octanol–water partition coefficient (Wildman–Crippen LogP) is 3.68. The van der Waals surface area contributed by atoms with Gasteiger partial charge in [-0.3, -0.25) is 10.1 Å². The summed E-state index contributed by atoms with van der Waals surface area (Å²) >= 11 is 0.584. The van der Waals surface area contributed by atoms with Gasteiger partial charge in [-0.1, -0.05) is 30.6 Å². The second-order valence-corrected chi connectivity index (χ2v) is 9.54. The maximum absolute atomic E-state index is 12.8. The topological polar surface area (TPSA) is 92.3 Å². The molecule has 2 aromatic rings. The molecule has 1 aromatic carbocycles. The van der Waals surface area contributed by atoms with Crippen molar-refractivity contribution in [3.8, 4) is 0 Å². The molecular formula is C17H20F2N4O3S2. The molecule has 0 unspecified atom stereocenters. The van der Waals surface area contributed by atoms with Gasteiger partial charge in [0.15, 0.2) is 5.01 Å². The van der Waals surface area contributed by atoms with Crippen LogP contribution in [0.4, 0.5) is 13.9 Å². The van der Waals surface area contributed by atoms with E-state index in [-0.39, 0.29) is 21.6 Å². The molecule has 1 aliphatic rings. The summed E-state index contributed by atoms with van der Waals surface area (Å²) in [5, 5.41) is 8.63. The van der Waals surface area contributed by atoms with Crippen molar-refractivity contribution in [2.24, 2.45) is 0 Å². The molecule has 0 spiro atoms. The number of benzene rings is 1. The third-order valence-corrected chi connectivity index (χ3v) is 7.50. The Morgan fingerprint density at radius 3 is 2.39 bits per heavy atom. The summed E-state index contributed by atoms with van der Waals surface area (Å²) in [5.41, 5.74) is 0.188. The number of amides is 1. The van der Waals surface area contributed by atoms with Crippen molar-refractivity contribution in [2.75, 3.05) is 12.4 Å². The fraction of sp³-hybridized carbons (Fsp3) is 0.471. The lowest BCUT2D eigenvalue weighted by atomic mass is 9.96. The van der Waals surface area contributed by atoms with Gasteiger partial charge in [-0.25, -0.2) is 17.2 Å². The number of carbonyl (C=O) groups is 1. The van der Waals surface area contributed by atoms with Crippen molar-refractivity contribution in [1.82, 2.24) is 14.5 Å². The molecule has 3 rings (SSSR count). The van der Waals surface area contributed by atoms with E-state index in [9.17, 15) is 22.0 Å². The first kappa shape index (κ1) is 20.7. The largest absolute Gasteiger partial charge is 0.296 e. The average Bonchev–Trinajstić information content (AvgIpc) is 3.17. The smallest absolute Gasteiger partial charge is 0.291 e. The third-order valence-electron chi connectivity index (χ3n) is 4.73. The molecule has 152 valence electrons. The van der Waals surface area contributed by atoms with E-state index in [0.717, 1.165) is 32.1 Å². The van der Waals surface area contributed by atoms with Gasteiger partial charge in [0.05, 0.1) is 4.90 Å². The van der Waals surface area contributed by atoms with Gasteiger partial charge in [0.25, 0.3) is 12.3 Å². The molecule has 0 radical (unpaired) electrons. The Labute approximate surface area is 165 Å². The van der Waals surface area contributed by atoms with Crippen molar-refractivity contribution >= 4 is 32.4 Å². The van der Waals surface area contributed by atoms with Gasteiger partial charge in [-0.15, -0.1) is 10.2 Å². The van der Waals surface area contributed by atoms with Gasteiger partial charge in [0.1, 0.15) is 0 Å². The lowest BCUT2D eigenvalue weighted by molar-refractivity contribution is 0.102. The Balaban J connectivity index is 1.70. The van der Waals surface area contributed by atoms with Crippen LogP contribution in [-0.2, 0) is 10.0 Å². The van der Waals surface area contributed by atoms with Crippen molar-refractivity contribution in [1.29, 1.82) is 0 Å². The number of nitrogens with zero attached hydrogens (tertiary/aromatic N) is 3. The van der Waals surface area contributed by atoms with Crippen molar-refractivity contribution in [3.63, 3.8) is 0 Å². The Morgan fingerprint density at radius 2 is 1.82 bits per heavy atom. The second kappa shape index (κ2) is 8.58. The van der Waals surface area contributed by atoms with Crippen molar-refractivity contribution < 1.29 is 22.0 Å². The number of sulfonamides is 1. The van der Waals surface area contributed by atoms with Gasteiger partial charge < -0.3 is 0 Å². The van der Waals surface area contributed by atoms with Crippen molar-refractivity contribution in [3.05, 3.63) is 34.8 Å². The summed E-state index contributed by atoms with van der Waals surface area (Å²) in [4.78, 5) is 12.3. The molecule has 1 saturated carbocycles. The summed E-state index contributed by atoms with van der Waals surface area (Å²) in [6, 6.07) is 5.49. The number of nitrogens with one attached hydrogen (secondary N) is 1. The van der Waals surface area contributed by atoms with Crippen LogP contribution in [0, 0.1) is 0 Å². The van der Waals surface area contributed by atoms with Gasteiger partial charge in [0.2, 0.25) is 15.2 Å². The van der Waals surface area contributed by atoms with Gasteiger partial charge >= 0.3 is 0 Å². The summed E-state index contributed by atoms with van der Waals surface area (Å²) in [6.07, 6.45) is 2.10.